The number of allylic oxidation sites excluding steroid dienone is 1. The summed E-state index contributed by atoms with van der Waals surface area (Å²) in [6, 6.07) is 0. The first kappa shape index (κ1) is 15.1. The summed E-state index contributed by atoms with van der Waals surface area (Å²) in [6.45, 7) is 8.25. The van der Waals surface area contributed by atoms with Crippen LogP contribution in [0.15, 0.2) is 12.2 Å². The van der Waals surface area contributed by atoms with Crippen LogP contribution in [0.4, 0.5) is 0 Å². The molecule has 2 atom stereocenters. The molecule has 1 aliphatic carbocycles. The second kappa shape index (κ2) is 11.7. The molecule has 1 aliphatic rings. The summed E-state index contributed by atoms with van der Waals surface area (Å²) in [5.41, 5.74) is 0. The van der Waals surface area contributed by atoms with E-state index in [2.05, 4.69) is 13.8 Å². The molecule has 0 radical (unpaired) electrons. The molecule has 0 amide bonds. The van der Waals surface area contributed by atoms with E-state index >= 15 is 0 Å². The Balaban J connectivity index is 0. The highest BCUT2D eigenvalue weighted by Gasteiger charge is 2.14. The third-order valence-corrected chi connectivity index (χ3v) is 1.36. The van der Waals surface area contributed by atoms with Gasteiger partial charge in [0.05, 0.1) is 12.2 Å². The Morgan fingerprint density at radius 2 is 1.69 bits per heavy atom. The van der Waals surface area contributed by atoms with Gasteiger partial charge in [0.2, 0.25) is 0 Å². The van der Waals surface area contributed by atoms with Gasteiger partial charge in [-0.1, -0.05) is 46.3 Å². The van der Waals surface area contributed by atoms with Crippen molar-refractivity contribution in [1.29, 1.82) is 0 Å². The molecule has 1 rings (SSSR count). The van der Waals surface area contributed by atoms with Gasteiger partial charge in [-0.3, -0.25) is 0 Å². The molecule has 0 saturated heterocycles. The molecule has 2 N–H and O–H groups in total. The van der Waals surface area contributed by atoms with E-state index in [9.17, 15) is 0 Å². The van der Waals surface area contributed by atoms with E-state index in [1.54, 1.807) is 6.08 Å². The average molecular weight is 188 g/mol. The van der Waals surface area contributed by atoms with E-state index in [0.29, 0.717) is 6.42 Å². The van der Waals surface area contributed by atoms with Crippen molar-refractivity contribution in [2.24, 2.45) is 0 Å². The van der Waals surface area contributed by atoms with Crippen molar-refractivity contribution in [3.8, 4) is 0 Å². The van der Waals surface area contributed by atoms with Gasteiger partial charge < -0.3 is 10.2 Å². The molecule has 2 nitrogen and oxygen atoms in total. The maximum atomic E-state index is 8.88. The standard InChI is InChI=1S/C6H10O2.C3H8.C2H6/c7-5-3-1-2-4-6(5)8;1-3-2;1-2/h1,3,5-8H,2,4H2;3H2,1-2H3;1-2H3/t5-,6+;;/m0../s1. The van der Waals surface area contributed by atoms with E-state index in [4.69, 9.17) is 10.2 Å². The van der Waals surface area contributed by atoms with Gasteiger partial charge in [-0.25, -0.2) is 0 Å². The molecule has 13 heavy (non-hydrogen) atoms. The molecule has 0 saturated carbocycles. The normalized spacial score (nSPS) is 25.1. The van der Waals surface area contributed by atoms with Crippen LogP contribution in [-0.2, 0) is 0 Å². The Hall–Kier alpha value is -0.340. The Morgan fingerprint density at radius 3 is 1.92 bits per heavy atom. The number of aliphatic hydroxyl groups excluding tert-OH is 2. The SMILES string of the molecule is CC.CCC.O[C@@H]1CCC=C[C@@H]1O. The summed E-state index contributed by atoms with van der Waals surface area (Å²) in [5.74, 6) is 0. The number of rotatable bonds is 0. The Morgan fingerprint density at radius 1 is 1.23 bits per heavy atom. The van der Waals surface area contributed by atoms with Crippen LogP contribution in [0.25, 0.3) is 0 Å². The minimum absolute atomic E-state index is 0.528. The lowest BCUT2D eigenvalue weighted by atomic mass is 10.0. The average Bonchev–Trinajstić information content (AvgIpc) is 2.15. The quantitative estimate of drug-likeness (QED) is 0.573. The number of hydrogen-bond acceptors (Lipinski definition) is 2. The Bertz CT molecular complexity index is 111. The Labute approximate surface area is 82.3 Å². The molecule has 0 heterocycles. The lowest BCUT2D eigenvalue weighted by Gasteiger charge is -2.16. The maximum Gasteiger partial charge on any atom is 0.0980 e. The fraction of sp³-hybridized carbons (Fsp3) is 0.818. The van der Waals surface area contributed by atoms with Gasteiger partial charge in [-0.05, 0) is 12.8 Å². The topological polar surface area (TPSA) is 40.5 Å². The predicted octanol–water partition coefficient (Wildman–Crippen LogP) is 2.50. The molecule has 2 heteroatoms. The first-order chi connectivity index (χ1) is 6.22. The van der Waals surface area contributed by atoms with Gasteiger partial charge in [0.1, 0.15) is 0 Å². The molecule has 80 valence electrons. The number of aliphatic hydroxyl groups is 2. The third-order valence-electron chi connectivity index (χ3n) is 1.36. The van der Waals surface area contributed by atoms with Crippen LogP contribution >= 0.6 is 0 Å². The summed E-state index contributed by atoms with van der Waals surface area (Å²) in [6.07, 6.45) is 5.20. The fourth-order valence-electron chi connectivity index (χ4n) is 0.802. The van der Waals surface area contributed by atoms with Crippen LogP contribution in [0.3, 0.4) is 0 Å². The summed E-state index contributed by atoms with van der Waals surface area (Å²) in [4.78, 5) is 0. The van der Waals surface area contributed by atoms with Gasteiger partial charge in [0, 0.05) is 0 Å². The second-order valence-corrected chi connectivity index (χ2v) is 2.77. The van der Waals surface area contributed by atoms with Gasteiger partial charge in [-0.2, -0.15) is 0 Å². The summed E-state index contributed by atoms with van der Waals surface area (Å²) >= 11 is 0. The molecule has 0 bridgehead atoms. The van der Waals surface area contributed by atoms with Crippen molar-refractivity contribution < 1.29 is 10.2 Å². The lowest BCUT2D eigenvalue weighted by Crippen LogP contribution is -2.25. The van der Waals surface area contributed by atoms with Crippen molar-refractivity contribution in [2.75, 3.05) is 0 Å². The smallest absolute Gasteiger partial charge is 0.0980 e. The first-order valence-corrected chi connectivity index (χ1v) is 5.25. The molecule has 0 aromatic rings. The monoisotopic (exact) mass is 188 g/mol. The van der Waals surface area contributed by atoms with Crippen LogP contribution < -0.4 is 0 Å². The van der Waals surface area contributed by atoms with E-state index in [1.807, 2.05) is 19.9 Å². The van der Waals surface area contributed by atoms with E-state index in [0.717, 1.165) is 6.42 Å². The summed E-state index contributed by atoms with van der Waals surface area (Å²) in [7, 11) is 0. The van der Waals surface area contributed by atoms with Crippen molar-refractivity contribution in [2.45, 2.75) is 59.2 Å². The van der Waals surface area contributed by atoms with E-state index in [1.165, 1.54) is 6.42 Å². The van der Waals surface area contributed by atoms with Crippen LogP contribution in [0.1, 0.15) is 47.0 Å². The summed E-state index contributed by atoms with van der Waals surface area (Å²) in [5, 5.41) is 17.7. The molecular weight excluding hydrogens is 164 g/mol. The van der Waals surface area contributed by atoms with Crippen molar-refractivity contribution in [1.82, 2.24) is 0 Å². The minimum atomic E-state index is -0.622. The zero-order valence-corrected chi connectivity index (χ0v) is 9.33. The highest BCUT2D eigenvalue weighted by molar-refractivity contribution is 4.97. The van der Waals surface area contributed by atoms with Gasteiger partial charge in [0.15, 0.2) is 0 Å². The molecule has 0 aromatic heterocycles. The maximum absolute atomic E-state index is 8.88. The molecular formula is C11H24O2. The Kier molecular flexibility index (Phi) is 13.6. The van der Waals surface area contributed by atoms with Crippen LogP contribution in [0.5, 0.6) is 0 Å². The molecule has 0 fully saturated rings. The van der Waals surface area contributed by atoms with Gasteiger partial charge >= 0.3 is 0 Å². The largest absolute Gasteiger partial charge is 0.390 e. The van der Waals surface area contributed by atoms with E-state index in [-0.39, 0.29) is 0 Å². The second-order valence-electron chi connectivity index (χ2n) is 2.77. The minimum Gasteiger partial charge on any atom is -0.390 e. The van der Waals surface area contributed by atoms with Crippen LogP contribution in [0.2, 0.25) is 0 Å². The van der Waals surface area contributed by atoms with Crippen molar-refractivity contribution in [3.05, 3.63) is 12.2 Å². The van der Waals surface area contributed by atoms with Crippen LogP contribution in [-0.4, -0.2) is 22.4 Å². The molecule has 0 unspecified atom stereocenters. The predicted molar refractivity (Wildman–Crippen MR) is 57.7 cm³/mol. The molecule has 0 spiro atoms. The summed E-state index contributed by atoms with van der Waals surface area (Å²) < 4.78 is 0. The van der Waals surface area contributed by atoms with Crippen LogP contribution in [0, 0.1) is 0 Å². The highest BCUT2D eigenvalue weighted by Crippen LogP contribution is 2.10. The van der Waals surface area contributed by atoms with E-state index < -0.39 is 12.2 Å². The third kappa shape index (κ3) is 9.57. The van der Waals surface area contributed by atoms with Gasteiger partial charge in [-0.15, -0.1) is 0 Å². The first-order valence-electron chi connectivity index (χ1n) is 5.25. The number of hydrogen-bond donors (Lipinski definition) is 2. The lowest BCUT2D eigenvalue weighted by molar-refractivity contribution is 0.0389. The fourth-order valence-corrected chi connectivity index (χ4v) is 0.802. The molecule has 0 aromatic carbocycles. The van der Waals surface area contributed by atoms with Crippen molar-refractivity contribution in [3.63, 3.8) is 0 Å². The van der Waals surface area contributed by atoms with Crippen molar-refractivity contribution >= 4 is 0 Å². The van der Waals surface area contributed by atoms with Gasteiger partial charge in [0.25, 0.3) is 0 Å². The highest BCUT2D eigenvalue weighted by atomic mass is 16.3. The molecule has 0 aliphatic heterocycles. The zero-order valence-electron chi connectivity index (χ0n) is 9.33. The zero-order chi connectivity index (χ0) is 10.7.